The molecule has 0 spiro atoms. The number of thiazole rings is 1. The maximum Gasteiger partial charge on any atom is 0.286 e. The first-order valence-electron chi connectivity index (χ1n) is 9.59. The lowest BCUT2D eigenvalue weighted by Gasteiger charge is -2.13. The van der Waals surface area contributed by atoms with Crippen molar-refractivity contribution in [2.24, 2.45) is 5.73 Å². The number of fused-ring (bicyclic) bond motifs is 1. The summed E-state index contributed by atoms with van der Waals surface area (Å²) in [5, 5.41) is 1.97. The van der Waals surface area contributed by atoms with Crippen molar-refractivity contribution < 1.29 is 13.2 Å². The van der Waals surface area contributed by atoms with Crippen molar-refractivity contribution in [3.8, 4) is 10.4 Å². The number of alkyl halides is 2. The van der Waals surface area contributed by atoms with Gasteiger partial charge in [-0.3, -0.25) is 4.98 Å². The molecule has 4 N–H and O–H groups in total. The van der Waals surface area contributed by atoms with Gasteiger partial charge in [-0.25, -0.2) is 9.97 Å². The number of nitrogens with two attached hydrogens (primary N) is 2. The summed E-state index contributed by atoms with van der Waals surface area (Å²) in [5.74, 6) is -3.52. The van der Waals surface area contributed by atoms with Gasteiger partial charge in [-0.2, -0.15) is 13.2 Å². The van der Waals surface area contributed by atoms with E-state index in [4.69, 9.17) is 11.5 Å². The summed E-state index contributed by atoms with van der Waals surface area (Å²) in [5.41, 5.74) is 14.4. The van der Waals surface area contributed by atoms with Crippen LogP contribution in [0.4, 0.5) is 18.3 Å². The lowest BCUT2D eigenvalue weighted by atomic mass is 10.0. The van der Waals surface area contributed by atoms with E-state index >= 15 is 0 Å². The van der Waals surface area contributed by atoms with Crippen molar-refractivity contribution in [2.45, 2.75) is 31.7 Å². The fourth-order valence-corrected chi connectivity index (χ4v) is 4.27. The molecule has 0 saturated heterocycles. The fourth-order valence-electron chi connectivity index (χ4n) is 3.42. The molecule has 0 aliphatic heterocycles. The lowest BCUT2D eigenvalue weighted by Crippen LogP contribution is -2.26. The Hall–Kier alpha value is -3.04. The highest BCUT2D eigenvalue weighted by Crippen LogP contribution is 2.34. The Bertz CT molecular complexity index is 1220. The predicted molar refractivity (Wildman–Crippen MR) is 116 cm³/mol. The van der Waals surface area contributed by atoms with Crippen LogP contribution in [0.3, 0.4) is 0 Å². The molecular weight excluding hydrogens is 423 g/mol. The number of nitrogens with zero attached hydrogens (tertiary/aromatic N) is 3. The van der Waals surface area contributed by atoms with Crippen molar-refractivity contribution in [1.29, 1.82) is 0 Å². The quantitative estimate of drug-likeness (QED) is 0.422. The van der Waals surface area contributed by atoms with E-state index in [2.05, 4.69) is 15.0 Å². The first-order valence-corrected chi connectivity index (χ1v) is 10.4. The molecule has 0 saturated carbocycles. The Morgan fingerprint density at radius 1 is 1.03 bits per heavy atom. The number of anilines is 1. The standard InChI is InChI=1S/C22H20F3N5S/c1-22(24,25)18-5-2-12(10-28-18)6-16(26)9-17-20(31-21(27)30-17)13-3-4-14-11-29-19(23)8-15(14)7-13/h2-5,7-8,10-11,16H,6,9,26H2,1H3,(H2,27,30)/t16-/m0/s1. The average Bonchev–Trinajstić information content (AvgIpc) is 3.07. The third-order valence-corrected chi connectivity index (χ3v) is 5.87. The largest absolute Gasteiger partial charge is 0.375 e. The number of hydrogen-bond acceptors (Lipinski definition) is 6. The minimum Gasteiger partial charge on any atom is -0.375 e. The summed E-state index contributed by atoms with van der Waals surface area (Å²) in [6.07, 6.45) is 3.81. The van der Waals surface area contributed by atoms with Gasteiger partial charge in [0.1, 0.15) is 5.69 Å². The molecule has 3 aromatic heterocycles. The summed E-state index contributed by atoms with van der Waals surface area (Å²) in [6.45, 7) is 0.812. The van der Waals surface area contributed by atoms with E-state index in [9.17, 15) is 13.2 Å². The first-order chi connectivity index (χ1) is 14.7. The van der Waals surface area contributed by atoms with E-state index in [0.29, 0.717) is 18.0 Å². The van der Waals surface area contributed by atoms with Crippen LogP contribution in [0.5, 0.6) is 0 Å². The van der Waals surface area contributed by atoms with Gasteiger partial charge in [0.25, 0.3) is 5.92 Å². The number of pyridine rings is 2. The van der Waals surface area contributed by atoms with Crippen molar-refractivity contribution in [1.82, 2.24) is 15.0 Å². The number of hydrogen-bond donors (Lipinski definition) is 2. The van der Waals surface area contributed by atoms with Crippen LogP contribution >= 0.6 is 11.3 Å². The number of benzene rings is 1. The van der Waals surface area contributed by atoms with Gasteiger partial charge in [-0.1, -0.05) is 29.5 Å². The highest BCUT2D eigenvalue weighted by Gasteiger charge is 2.25. The second-order valence-electron chi connectivity index (χ2n) is 7.51. The van der Waals surface area contributed by atoms with E-state index in [0.717, 1.165) is 39.4 Å². The summed E-state index contributed by atoms with van der Waals surface area (Å²) >= 11 is 1.34. The van der Waals surface area contributed by atoms with E-state index in [1.807, 2.05) is 18.2 Å². The van der Waals surface area contributed by atoms with Gasteiger partial charge in [0.05, 0.1) is 10.6 Å². The van der Waals surface area contributed by atoms with E-state index in [-0.39, 0.29) is 11.7 Å². The van der Waals surface area contributed by atoms with Crippen LogP contribution in [-0.4, -0.2) is 21.0 Å². The Kier molecular flexibility index (Phi) is 5.63. The molecule has 1 atom stereocenters. The zero-order valence-electron chi connectivity index (χ0n) is 16.6. The van der Waals surface area contributed by atoms with Crippen LogP contribution in [0.15, 0.2) is 48.8 Å². The van der Waals surface area contributed by atoms with Crippen LogP contribution in [0.25, 0.3) is 21.2 Å². The van der Waals surface area contributed by atoms with Crippen LogP contribution in [0.1, 0.15) is 23.9 Å². The van der Waals surface area contributed by atoms with Gasteiger partial charge >= 0.3 is 0 Å². The molecule has 0 fully saturated rings. The number of rotatable bonds is 6. The van der Waals surface area contributed by atoms with Gasteiger partial charge in [0, 0.05) is 43.2 Å². The Balaban J connectivity index is 1.55. The predicted octanol–water partition coefficient (Wildman–Crippen LogP) is 4.70. The van der Waals surface area contributed by atoms with E-state index in [1.54, 1.807) is 6.07 Å². The molecule has 0 amide bonds. The average molecular weight is 443 g/mol. The fraction of sp³-hybridized carbons (Fsp3) is 0.227. The zero-order chi connectivity index (χ0) is 22.2. The second-order valence-corrected chi connectivity index (χ2v) is 8.54. The maximum absolute atomic E-state index is 13.5. The third-order valence-electron chi connectivity index (χ3n) is 4.89. The summed E-state index contributed by atoms with van der Waals surface area (Å²) in [7, 11) is 0. The molecule has 3 heterocycles. The minimum absolute atomic E-state index is 0.276. The summed E-state index contributed by atoms with van der Waals surface area (Å²) in [6, 6.07) is 9.65. The van der Waals surface area contributed by atoms with Crippen LogP contribution in [0.2, 0.25) is 0 Å². The highest BCUT2D eigenvalue weighted by atomic mass is 32.1. The van der Waals surface area contributed by atoms with Crippen molar-refractivity contribution in [3.63, 3.8) is 0 Å². The van der Waals surface area contributed by atoms with Gasteiger partial charge in [-0.05, 0) is 35.1 Å². The van der Waals surface area contributed by atoms with Crippen molar-refractivity contribution in [3.05, 3.63) is 71.7 Å². The lowest BCUT2D eigenvalue weighted by molar-refractivity contribution is 0.0127. The molecule has 1 aromatic carbocycles. The molecule has 0 aliphatic rings. The molecule has 160 valence electrons. The van der Waals surface area contributed by atoms with E-state index < -0.39 is 11.9 Å². The Morgan fingerprint density at radius 2 is 1.84 bits per heavy atom. The van der Waals surface area contributed by atoms with Crippen molar-refractivity contribution >= 4 is 27.2 Å². The van der Waals surface area contributed by atoms with Crippen LogP contribution < -0.4 is 11.5 Å². The molecule has 0 unspecified atom stereocenters. The van der Waals surface area contributed by atoms with Crippen LogP contribution in [0, 0.1) is 5.95 Å². The molecule has 4 rings (SSSR count). The highest BCUT2D eigenvalue weighted by molar-refractivity contribution is 7.18. The molecule has 31 heavy (non-hydrogen) atoms. The smallest absolute Gasteiger partial charge is 0.286 e. The van der Waals surface area contributed by atoms with Gasteiger partial charge in [-0.15, -0.1) is 0 Å². The number of aromatic nitrogens is 3. The molecule has 9 heteroatoms. The van der Waals surface area contributed by atoms with Gasteiger partial charge in [0.2, 0.25) is 5.95 Å². The molecular formula is C22H20F3N5S. The zero-order valence-corrected chi connectivity index (χ0v) is 17.5. The number of halogens is 3. The summed E-state index contributed by atoms with van der Waals surface area (Å²) < 4.78 is 40.2. The number of nitrogen functional groups attached to an aromatic ring is 1. The molecule has 0 bridgehead atoms. The maximum atomic E-state index is 13.5. The van der Waals surface area contributed by atoms with Crippen molar-refractivity contribution in [2.75, 3.05) is 5.73 Å². The first kappa shape index (κ1) is 21.2. The Morgan fingerprint density at radius 3 is 2.55 bits per heavy atom. The van der Waals surface area contributed by atoms with Crippen LogP contribution in [-0.2, 0) is 18.8 Å². The van der Waals surface area contributed by atoms with E-state index in [1.165, 1.54) is 35.9 Å². The van der Waals surface area contributed by atoms with Gasteiger partial charge < -0.3 is 11.5 Å². The topological polar surface area (TPSA) is 90.7 Å². The summed E-state index contributed by atoms with van der Waals surface area (Å²) in [4.78, 5) is 12.8. The normalized spacial score (nSPS) is 12.9. The van der Waals surface area contributed by atoms with Gasteiger partial charge in [0.15, 0.2) is 5.13 Å². The molecule has 0 radical (unpaired) electrons. The molecule has 0 aliphatic carbocycles. The molecule has 5 nitrogen and oxygen atoms in total. The Labute approximate surface area is 181 Å². The SMILES string of the molecule is CC(F)(F)c1ccc(C[C@H](N)Cc2nc(N)sc2-c2ccc3cnc(F)cc3c2)cn1. The monoisotopic (exact) mass is 443 g/mol. The molecule has 4 aromatic rings. The minimum atomic E-state index is -2.98. The second kappa shape index (κ2) is 8.24. The third kappa shape index (κ3) is 4.83.